The van der Waals surface area contributed by atoms with Gasteiger partial charge in [-0.3, -0.25) is 14.4 Å². The van der Waals surface area contributed by atoms with Crippen molar-refractivity contribution in [2.75, 3.05) is 17.7 Å². The Balaban J connectivity index is 1.16. The first-order chi connectivity index (χ1) is 24.5. The van der Waals surface area contributed by atoms with Crippen LogP contribution in [0, 0.1) is 0 Å². The molecule has 0 aliphatic heterocycles. The lowest BCUT2D eigenvalue weighted by Crippen LogP contribution is -2.30. The number of hydrogen-bond acceptors (Lipinski definition) is 7. The molecule has 0 aliphatic carbocycles. The topological polar surface area (TPSA) is 109 Å². The lowest BCUT2D eigenvalue weighted by molar-refractivity contribution is -0.116. The standard InChI is InChI=1S/C40H32N4O4S2/c1-48-35-20-12-11-19-32(35)34-26-49-40(43-34)44-39(47)36(28-15-7-3-8-16-28)50-31-23-21-30(22-24-31)41-38(46)33(25-27-13-5-2-6-14-27)42-37(45)29-17-9-4-10-18-29/h2-26,36H,1H3,(H,41,46)(H,42,45)(H,43,44,47)/b33-25-. The number of nitrogens with one attached hydrogen (secondary N) is 3. The smallest absolute Gasteiger partial charge is 0.272 e. The van der Waals surface area contributed by atoms with Crippen LogP contribution >= 0.6 is 23.1 Å². The molecule has 3 amide bonds. The monoisotopic (exact) mass is 696 g/mol. The third-order valence-corrected chi connectivity index (χ3v) is 9.49. The summed E-state index contributed by atoms with van der Waals surface area (Å²) in [5.41, 5.74) is 4.21. The van der Waals surface area contributed by atoms with Crippen LogP contribution in [-0.2, 0) is 9.59 Å². The van der Waals surface area contributed by atoms with E-state index in [0.29, 0.717) is 27.8 Å². The molecule has 0 saturated carbocycles. The third-order valence-electron chi connectivity index (χ3n) is 7.46. The van der Waals surface area contributed by atoms with E-state index in [1.807, 2.05) is 109 Å². The fourth-order valence-electron chi connectivity index (χ4n) is 4.99. The van der Waals surface area contributed by atoms with Gasteiger partial charge >= 0.3 is 0 Å². The number of benzene rings is 5. The Kier molecular flexibility index (Phi) is 11.1. The number of carbonyl (C=O) groups is 3. The summed E-state index contributed by atoms with van der Waals surface area (Å²) >= 11 is 2.73. The number of rotatable bonds is 12. The number of methoxy groups -OCH3 is 1. The molecule has 6 aromatic rings. The maximum Gasteiger partial charge on any atom is 0.272 e. The highest BCUT2D eigenvalue weighted by Crippen LogP contribution is 2.38. The first kappa shape index (κ1) is 33.9. The van der Waals surface area contributed by atoms with Gasteiger partial charge in [0.25, 0.3) is 11.8 Å². The number of aromatic nitrogens is 1. The van der Waals surface area contributed by atoms with Crippen LogP contribution in [0.25, 0.3) is 17.3 Å². The van der Waals surface area contributed by atoms with E-state index in [1.165, 1.54) is 23.1 Å². The highest BCUT2D eigenvalue weighted by Gasteiger charge is 2.24. The molecule has 1 aromatic heterocycles. The van der Waals surface area contributed by atoms with Crippen LogP contribution in [0.4, 0.5) is 10.8 Å². The maximum atomic E-state index is 13.7. The predicted octanol–water partition coefficient (Wildman–Crippen LogP) is 8.70. The summed E-state index contributed by atoms with van der Waals surface area (Å²) in [4.78, 5) is 45.6. The number of ether oxygens (including phenoxy) is 1. The Morgan fingerprint density at radius 2 is 1.40 bits per heavy atom. The van der Waals surface area contributed by atoms with E-state index in [4.69, 9.17) is 4.74 Å². The van der Waals surface area contributed by atoms with Gasteiger partial charge in [0.05, 0.1) is 12.8 Å². The van der Waals surface area contributed by atoms with Gasteiger partial charge in [-0.05, 0) is 65.7 Å². The van der Waals surface area contributed by atoms with Crippen molar-refractivity contribution >= 4 is 57.7 Å². The molecule has 5 aromatic carbocycles. The van der Waals surface area contributed by atoms with Crippen LogP contribution in [0.2, 0.25) is 0 Å². The van der Waals surface area contributed by atoms with Crippen LogP contribution < -0.4 is 20.7 Å². The van der Waals surface area contributed by atoms with Crippen molar-refractivity contribution in [3.8, 4) is 17.0 Å². The number of hydrogen-bond donors (Lipinski definition) is 3. The zero-order chi connectivity index (χ0) is 34.7. The van der Waals surface area contributed by atoms with E-state index in [9.17, 15) is 14.4 Å². The SMILES string of the molecule is COc1ccccc1-c1csc(NC(=O)C(Sc2ccc(NC(=O)/C(=C/c3ccccc3)NC(=O)c3ccccc3)cc2)c2ccccc2)n1. The Morgan fingerprint density at radius 3 is 2.10 bits per heavy atom. The summed E-state index contributed by atoms with van der Waals surface area (Å²) in [6.45, 7) is 0. The second-order valence-corrected chi connectivity index (χ2v) is 12.9. The molecule has 6 rings (SSSR count). The lowest BCUT2D eigenvalue weighted by atomic mass is 10.1. The van der Waals surface area contributed by atoms with Crippen LogP contribution in [0.1, 0.15) is 26.7 Å². The second-order valence-electron chi connectivity index (χ2n) is 10.9. The first-order valence-corrected chi connectivity index (χ1v) is 17.4. The van der Waals surface area contributed by atoms with E-state index >= 15 is 0 Å². The van der Waals surface area contributed by atoms with Gasteiger partial charge in [0.1, 0.15) is 16.7 Å². The third kappa shape index (κ3) is 8.73. The van der Waals surface area contributed by atoms with Crippen LogP contribution in [0.5, 0.6) is 5.75 Å². The van der Waals surface area contributed by atoms with Gasteiger partial charge in [-0.25, -0.2) is 4.98 Å². The molecule has 1 heterocycles. The van der Waals surface area contributed by atoms with Crippen molar-refractivity contribution < 1.29 is 19.1 Å². The number of nitrogens with zero attached hydrogens (tertiary/aromatic N) is 1. The van der Waals surface area contributed by atoms with Crippen molar-refractivity contribution in [1.82, 2.24) is 10.3 Å². The number of amides is 3. The van der Waals surface area contributed by atoms with Crippen LogP contribution in [-0.4, -0.2) is 29.8 Å². The Morgan fingerprint density at radius 1 is 0.760 bits per heavy atom. The van der Waals surface area contributed by atoms with Gasteiger partial charge in [-0.2, -0.15) is 0 Å². The molecule has 0 bridgehead atoms. The Labute approximate surface area is 298 Å². The molecule has 0 spiro atoms. The van der Waals surface area contributed by atoms with E-state index in [2.05, 4.69) is 20.9 Å². The first-order valence-electron chi connectivity index (χ1n) is 15.6. The maximum absolute atomic E-state index is 13.7. The molecular weight excluding hydrogens is 665 g/mol. The summed E-state index contributed by atoms with van der Waals surface area (Å²) in [7, 11) is 1.61. The number of anilines is 2. The number of carbonyl (C=O) groups excluding carboxylic acids is 3. The van der Waals surface area contributed by atoms with Crippen molar-refractivity contribution in [3.05, 3.63) is 167 Å². The summed E-state index contributed by atoms with van der Waals surface area (Å²) in [5, 5.41) is 10.4. The van der Waals surface area contributed by atoms with E-state index in [-0.39, 0.29) is 11.6 Å². The Bertz CT molecular complexity index is 2100. The van der Waals surface area contributed by atoms with Crippen molar-refractivity contribution in [3.63, 3.8) is 0 Å². The molecule has 1 unspecified atom stereocenters. The predicted molar refractivity (Wildman–Crippen MR) is 201 cm³/mol. The zero-order valence-electron chi connectivity index (χ0n) is 26.9. The number of para-hydroxylation sites is 1. The number of thioether (sulfide) groups is 1. The van der Waals surface area contributed by atoms with E-state index in [1.54, 1.807) is 49.6 Å². The minimum absolute atomic E-state index is 0.0976. The molecule has 3 N–H and O–H groups in total. The molecule has 8 nitrogen and oxygen atoms in total. The fourth-order valence-corrected chi connectivity index (χ4v) is 6.73. The largest absolute Gasteiger partial charge is 0.496 e. The lowest BCUT2D eigenvalue weighted by Gasteiger charge is -2.17. The average molecular weight is 697 g/mol. The molecule has 0 radical (unpaired) electrons. The molecule has 0 aliphatic rings. The van der Waals surface area contributed by atoms with Gasteiger partial charge in [0, 0.05) is 27.1 Å². The fraction of sp³-hybridized carbons (Fsp3) is 0.0500. The highest BCUT2D eigenvalue weighted by molar-refractivity contribution is 8.00. The average Bonchev–Trinajstić information content (AvgIpc) is 3.63. The van der Waals surface area contributed by atoms with Crippen molar-refractivity contribution in [1.29, 1.82) is 0 Å². The summed E-state index contributed by atoms with van der Waals surface area (Å²) in [6.07, 6.45) is 1.63. The molecule has 1 atom stereocenters. The molecule has 0 saturated heterocycles. The summed E-state index contributed by atoms with van der Waals surface area (Å²) in [6, 6.07) is 42.4. The highest BCUT2D eigenvalue weighted by atomic mass is 32.2. The summed E-state index contributed by atoms with van der Waals surface area (Å²) < 4.78 is 5.48. The van der Waals surface area contributed by atoms with Gasteiger partial charge in [-0.1, -0.05) is 91.0 Å². The molecule has 50 heavy (non-hydrogen) atoms. The quantitative estimate of drug-likeness (QED) is 0.0873. The van der Waals surface area contributed by atoms with Crippen molar-refractivity contribution in [2.45, 2.75) is 10.1 Å². The van der Waals surface area contributed by atoms with Gasteiger partial charge in [0.2, 0.25) is 5.91 Å². The van der Waals surface area contributed by atoms with Gasteiger partial charge in [-0.15, -0.1) is 23.1 Å². The van der Waals surface area contributed by atoms with Crippen LogP contribution in [0.15, 0.2) is 155 Å². The minimum atomic E-state index is -0.580. The molecule has 0 fully saturated rings. The van der Waals surface area contributed by atoms with Crippen LogP contribution in [0.3, 0.4) is 0 Å². The molecule has 10 heteroatoms. The summed E-state index contributed by atoms with van der Waals surface area (Å²) in [5.74, 6) is -0.387. The van der Waals surface area contributed by atoms with Crippen molar-refractivity contribution in [2.24, 2.45) is 0 Å². The Hall–Kier alpha value is -5.97. The normalized spacial score (nSPS) is 11.7. The minimum Gasteiger partial charge on any atom is -0.496 e. The zero-order valence-corrected chi connectivity index (χ0v) is 28.5. The molecular formula is C40H32N4O4S2. The second kappa shape index (κ2) is 16.4. The van der Waals surface area contributed by atoms with Gasteiger partial charge < -0.3 is 20.7 Å². The van der Waals surface area contributed by atoms with E-state index in [0.717, 1.165) is 21.6 Å². The van der Waals surface area contributed by atoms with Gasteiger partial charge in [0.15, 0.2) is 5.13 Å². The molecule has 248 valence electrons. The van der Waals surface area contributed by atoms with E-state index < -0.39 is 17.1 Å². The number of thiazole rings is 1.